The van der Waals surface area contributed by atoms with Crippen LogP contribution in [0.15, 0.2) is 23.2 Å². The molecule has 1 aliphatic heterocycles. The molecule has 2 N–H and O–H groups in total. The fourth-order valence-electron chi connectivity index (χ4n) is 4.52. The molecule has 30 heavy (non-hydrogen) atoms. The number of carbonyl (C=O) groups is 1. The summed E-state index contributed by atoms with van der Waals surface area (Å²) in [6, 6.07) is 6.81. The molecular weight excluding hydrogens is 410 g/mol. The normalized spacial score (nSPS) is 23.4. The quantitative estimate of drug-likeness (QED) is 0.536. The van der Waals surface area contributed by atoms with E-state index >= 15 is 0 Å². The number of hydrogen-bond acceptors (Lipinski definition) is 5. The largest absolute Gasteiger partial charge is 0.444 e. The third-order valence-electron chi connectivity index (χ3n) is 5.25. The minimum Gasteiger partial charge on any atom is -0.444 e. The Morgan fingerprint density at radius 1 is 1.23 bits per heavy atom. The van der Waals surface area contributed by atoms with Gasteiger partial charge in [-0.2, -0.15) is 0 Å². The van der Waals surface area contributed by atoms with Crippen molar-refractivity contribution in [3.63, 3.8) is 0 Å². The number of anilines is 1. The SMILES string of the molecule is CC1(C)Cc2ccc(N[Si](C)(C)C)cc2C2(CCSC(NC(=O)OC(C)(C)C)=N2)C1. The molecule has 0 bridgehead atoms. The number of amidine groups is 1. The highest BCUT2D eigenvalue weighted by atomic mass is 32.2. The first kappa shape index (κ1) is 23.2. The second kappa shape index (κ2) is 7.90. The van der Waals surface area contributed by atoms with Gasteiger partial charge < -0.3 is 9.72 Å². The highest BCUT2D eigenvalue weighted by molar-refractivity contribution is 8.13. The molecule has 1 amide bonds. The molecule has 1 spiro atoms. The van der Waals surface area contributed by atoms with E-state index in [4.69, 9.17) is 9.73 Å². The van der Waals surface area contributed by atoms with Crippen LogP contribution in [0.5, 0.6) is 0 Å². The summed E-state index contributed by atoms with van der Waals surface area (Å²) in [5.74, 6) is 0.926. The average molecular weight is 448 g/mol. The summed E-state index contributed by atoms with van der Waals surface area (Å²) in [5, 5.41) is 3.57. The van der Waals surface area contributed by atoms with Gasteiger partial charge >= 0.3 is 6.09 Å². The molecule has 1 atom stereocenters. The van der Waals surface area contributed by atoms with Gasteiger partial charge in [0, 0.05) is 11.4 Å². The third kappa shape index (κ3) is 5.81. The van der Waals surface area contributed by atoms with E-state index in [9.17, 15) is 4.79 Å². The maximum atomic E-state index is 12.3. The van der Waals surface area contributed by atoms with Crippen LogP contribution in [0.4, 0.5) is 10.5 Å². The van der Waals surface area contributed by atoms with Gasteiger partial charge in [0.1, 0.15) is 13.8 Å². The van der Waals surface area contributed by atoms with Crippen molar-refractivity contribution in [2.45, 2.75) is 84.7 Å². The standard InChI is InChI=1S/C23H37N3O2SSi/c1-21(2,3)28-20(27)24-19-25-23(11-12-29-19)15-22(4,5)14-16-9-10-17(13-18(16)23)26-30(6,7)8/h9-10,13,26H,11-12,14-15H2,1-8H3,(H,24,25,27). The number of ether oxygens (including phenoxy) is 1. The molecule has 1 unspecified atom stereocenters. The highest BCUT2D eigenvalue weighted by Crippen LogP contribution is 2.51. The minimum absolute atomic E-state index is 0.156. The van der Waals surface area contributed by atoms with Crippen molar-refractivity contribution in [2.75, 3.05) is 10.7 Å². The van der Waals surface area contributed by atoms with Crippen LogP contribution < -0.4 is 10.3 Å². The number of fused-ring (bicyclic) bond motifs is 2. The topological polar surface area (TPSA) is 62.7 Å². The van der Waals surface area contributed by atoms with Crippen LogP contribution in [0, 0.1) is 5.41 Å². The van der Waals surface area contributed by atoms with Gasteiger partial charge in [0.25, 0.3) is 0 Å². The highest BCUT2D eigenvalue weighted by Gasteiger charge is 2.45. The smallest absolute Gasteiger partial charge is 0.413 e. The van der Waals surface area contributed by atoms with Gasteiger partial charge in [0.2, 0.25) is 0 Å². The summed E-state index contributed by atoms with van der Waals surface area (Å²) in [6.07, 6.45) is 2.57. The van der Waals surface area contributed by atoms with Gasteiger partial charge in [0.15, 0.2) is 5.17 Å². The molecule has 1 heterocycles. The van der Waals surface area contributed by atoms with Crippen molar-refractivity contribution in [1.82, 2.24) is 5.32 Å². The zero-order valence-corrected chi connectivity index (χ0v) is 21.5. The summed E-state index contributed by atoms with van der Waals surface area (Å²) in [5.41, 5.74) is 3.20. The van der Waals surface area contributed by atoms with Crippen LogP contribution >= 0.6 is 11.8 Å². The van der Waals surface area contributed by atoms with Crippen LogP contribution in [-0.4, -0.2) is 30.9 Å². The first-order chi connectivity index (χ1) is 13.7. The van der Waals surface area contributed by atoms with E-state index in [1.807, 2.05) is 20.8 Å². The number of rotatable bonds is 2. The van der Waals surface area contributed by atoms with E-state index in [-0.39, 0.29) is 11.0 Å². The van der Waals surface area contributed by atoms with Gasteiger partial charge in [-0.1, -0.05) is 51.3 Å². The Morgan fingerprint density at radius 3 is 2.57 bits per heavy atom. The predicted molar refractivity (Wildman–Crippen MR) is 131 cm³/mol. The average Bonchev–Trinajstić information content (AvgIpc) is 2.51. The molecule has 7 heteroatoms. The lowest BCUT2D eigenvalue weighted by atomic mass is 9.64. The second-order valence-corrected chi connectivity index (χ2v) is 17.3. The van der Waals surface area contributed by atoms with Crippen LogP contribution in [-0.2, 0) is 16.7 Å². The van der Waals surface area contributed by atoms with E-state index < -0.39 is 19.9 Å². The summed E-state index contributed by atoms with van der Waals surface area (Å²) in [7, 11) is -1.45. The summed E-state index contributed by atoms with van der Waals surface area (Å²) in [6.45, 7) is 17.2. The van der Waals surface area contributed by atoms with Gasteiger partial charge in [-0.05, 0) is 68.7 Å². The lowest BCUT2D eigenvalue weighted by molar-refractivity contribution is 0.0564. The first-order valence-electron chi connectivity index (χ1n) is 10.8. The van der Waals surface area contributed by atoms with Gasteiger partial charge in [-0.15, -0.1) is 0 Å². The maximum absolute atomic E-state index is 12.3. The zero-order chi connectivity index (χ0) is 22.4. The van der Waals surface area contributed by atoms with Crippen LogP contribution in [0.1, 0.15) is 58.6 Å². The Hall–Kier alpha value is -1.47. The Balaban J connectivity index is 1.98. The van der Waals surface area contributed by atoms with Crippen molar-refractivity contribution in [3.05, 3.63) is 29.3 Å². The van der Waals surface area contributed by atoms with Crippen LogP contribution in [0.3, 0.4) is 0 Å². The van der Waals surface area contributed by atoms with E-state index in [0.29, 0.717) is 5.17 Å². The Labute approximate surface area is 186 Å². The molecule has 1 aromatic rings. The lowest BCUT2D eigenvalue weighted by Gasteiger charge is -2.46. The number of nitrogens with zero attached hydrogens (tertiary/aromatic N) is 1. The Bertz CT molecular complexity index is 855. The summed E-state index contributed by atoms with van der Waals surface area (Å²) < 4.78 is 5.45. The van der Waals surface area contributed by atoms with Crippen molar-refractivity contribution in [1.29, 1.82) is 0 Å². The third-order valence-corrected chi connectivity index (χ3v) is 7.16. The summed E-state index contributed by atoms with van der Waals surface area (Å²) in [4.78, 5) is 21.3. The molecule has 5 nitrogen and oxygen atoms in total. The van der Waals surface area contributed by atoms with E-state index in [2.05, 4.69) is 62.0 Å². The number of thioether (sulfide) groups is 1. The zero-order valence-electron chi connectivity index (χ0n) is 19.7. The minimum atomic E-state index is -1.45. The fourth-order valence-corrected chi connectivity index (χ4v) is 6.57. The van der Waals surface area contributed by atoms with Crippen molar-refractivity contribution < 1.29 is 9.53 Å². The molecule has 2 aliphatic rings. The van der Waals surface area contributed by atoms with E-state index in [0.717, 1.165) is 25.0 Å². The van der Waals surface area contributed by atoms with Crippen molar-refractivity contribution in [2.24, 2.45) is 10.4 Å². The number of alkyl carbamates (subject to hydrolysis) is 1. The summed E-state index contributed by atoms with van der Waals surface area (Å²) >= 11 is 1.60. The van der Waals surface area contributed by atoms with Crippen molar-refractivity contribution >= 4 is 36.9 Å². The number of aliphatic imine (C=N–C) groups is 1. The Morgan fingerprint density at radius 2 is 1.93 bits per heavy atom. The maximum Gasteiger partial charge on any atom is 0.413 e. The molecule has 1 aromatic carbocycles. The first-order valence-corrected chi connectivity index (χ1v) is 15.3. The monoisotopic (exact) mass is 447 g/mol. The molecule has 3 rings (SSSR count). The second-order valence-electron chi connectivity index (χ2n) is 11.4. The molecule has 166 valence electrons. The van der Waals surface area contributed by atoms with E-state index in [1.54, 1.807) is 11.8 Å². The van der Waals surface area contributed by atoms with Gasteiger partial charge in [0.05, 0.1) is 5.54 Å². The van der Waals surface area contributed by atoms with Gasteiger partial charge in [-0.3, -0.25) is 10.3 Å². The Kier molecular flexibility index (Phi) is 6.11. The molecule has 0 fully saturated rings. The molecule has 0 saturated carbocycles. The number of amides is 1. The molecule has 0 saturated heterocycles. The molecule has 1 aliphatic carbocycles. The number of benzene rings is 1. The fraction of sp³-hybridized carbons (Fsp3) is 0.652. The predicted octanol–water partition coefficient (Wildman–Crippen LogP) is 6.12. The van der Waals surface area contributed by atoms with Crippen LogP contribution in [0.25, 0.3) is 0 Å². The van der Waals surface area contributed by atoms with Crippen LogP contribution in [0.2, 0.25) is 19.6 Å². The number of carbonyl (C=O) groups excluding carboxylic acids is 1. The van der Waals surface area contributed by atoms with Gasteiger partial charge in [-0.25, -0.2) is 4.79 Å². The molecule has 0 radical (unpaired) electrons. The lowest BCUT2D eigenvalue weighted by Crippen LogP contribution is -2.44. The van der Waals surface area contributed by atoms with E-state index in [1.165, 1.54) is 16.8 Å². The number of nitrogens with one attached hydrogen (secondary N) is 2. The molecule has 0 aromatic heterocycles. The molecular formula is C23H37N3O2SSi. The van der Waals surface area contributed by atoms with Crippen molar-refractivity contribution in [3.8, 4) is 0 Å². The number of hydrogen-bond donors (Lipinski definition) is 2.